The Bertz CT molecular complexity index is 2910. The van der Waals surface area contributed by atoms with Gasteiger partial charge in [-0.15, -0.1) is 0 Å². The van der Waals surface area contributed by atoms with Crippen molar-refractivity contribution in [2.45, 2.75) is 34.5 Å². The SMILES string of the molecule is CC1(C)c2ccccc2Sc2ccc(N(c3cccc(C4(c5ccccc5)c5ccccc5-c5ccccc54)c3)c3ccc4c(c3)oc3ccccc34)cc21. The molecule has 0 saturated heterocycles. The Balaban J connectivity index is 1.16. The van der Waals surface area contributed by atoms with Crippen LogP contribution in [-0.4, -0.2) is 0 Å². The van der Waals surface area contributed by atoms with Gasteiger partial charge < -0.3 is 9.32 Å². The zero-order chi connectivity index (χ0) is 36.7. The minimum atomic E-state index is -0.503. The molecule has 3 heteroatoms. The van der Waals surface area contributed by atoms with Gasteiger partial charge in [-0.25, -0.2) is 0 Å². The molecule has 1 aromatic heterocycles. The van der Waals surface area contributed by atoms with Crippen molar-refractivity contribution in [3.8, 4) is 11.1 Å². The number of anilines is 3. The molecule has 0 unspecified atom stereocenters. The highest BCUT2D eigenvalue weighted by Gasteiger charge is 2.46. The lowest BCUT2D eigenvalue weighted by molar-refractivity contribution is 0.607. The van der Waals surface area contributed by atoms with E-state index in [4.69, 9.17) is 4.42 Å². The molecule has 55 heavy (non-hydrogen) atoms. The molecule has 8 aromatic carbocycles. The molecule has 0 radical (unpaired) electrons. The van der Waals surface area contributed by atoms with E-state index in [0.29, 0.717) is 0 Å². The van der Waals surface area contributed by atoms with Crippen LogP contribution in [0.5, 0.6) is 0 Å². The number of nitrogens with zero attached hydrogens (tertiary/aromatic N) is 1. The van der Waals surface area contributed by atoms with Crippen molar-refractivity contribution in [3.63, 3.8) is 0 Å². The highest BCUT2D eigenvalue weighted by atomic mass is 32.2. The molecule has 1 aliphatic heterocycles. The molecule has 0 spiro atoms. The Morgan fingerprint density at radius 3 is 1.80 bits per heavy atom. The van der Waals surface area contributed by atoms with Crippen LogP contribution < -0.4 is 4.90 Å². The van der Waals surface area contributed by atoms with Gasteiger partial charge in [0, 0.05) is 49.1 Å². The number of rotatable bonds is 5. The van der Waals surface area contributed by atoms with Gasteiger partial charge in [0.25, 0.3) is 0 Å². The molecule has 2 heterocycles. The summed E-state index contributed by atoms with van der Waals surface area (Å²) in [6.45, 7) is 4.72. The number of hydrogen-bond donors (Lipinski definition) is 0. The Labute approximate surface area is 325 Å². The van der Waals surface area contributed by atoms with E-state index >= 15 is 0 Å². The second kappa shape index (κ2) is 12.1. The van der Waals surface area contributed by atoms with Crippen LogP contribution in [0.3, 0.4) is 0 Å². The summed E-state index contributed by atoms with van der Waals surface area (Å²) in [4.78, 5) is 5.05. The highest BCUT2D eigenvalue weighted by molar-refractivity contribution is 7.99. The van der Waals surface area contributed by atoms with Gasteiger partial charge in [-0.3, -0.25) is 0 Å². The third-order valence-corrected chi connectivity index (χ3v) is 13.1. The van der Waals surface area contributed by atoms with Gasteiger partial charge >= 0.3 is 0 Å². The summed E-state index contributed by atoms with van der Waals surface area (Å²) in [6, 6.07) is 69.0. The molecule has 1 aliphatic carbocycles. The van der Waals surface area contributed by atoms with E-state index in [2.05, 4.69) is 201 Å². The third-order valence-electron chi connectivity index (χ3n) is 12.0. The zero-order valence-electron chi connectivity index (χ0n) is 30.7. The fraction of sp³-hybridized carbons (Fsp3) is 0.0769. The topological polar surface area (TPSA) is 16.4 Å². The second-order valence-electron chi connectivity index (χ2n) is 15.3. The number of hydrogen-bond acceptors (Lipinski definition) is 3. The van der Waals surface area contributed by atoms with Crippen LogP contribution in [0.2, 0.25) is 0 Å². The largest absolute Gasteiger partial charge is 0.456 e. The maximum absolute atomic E-state index is 6.50. The molecule has 0 amide bonds. The maximum atomic E-state index is 6.50. The zero-order valence-corrected chi connectivity index (χ0v) is 31.5. The first-order valence-corrected chi connectivity index (χ1v) is 19.8. The predicted octanol–water partition coefficient (Wildman–Crippen LogP) is 14.2. The minimum Gasteiger partial charge on any atom is -0.456 e. The minimum absolute atomic E-state index is 0.169. The van der Waals surface area contributed by atoms with Crippen LogP contribution in [0.15, 0.2) is 202 Å². The Hall–Kier alpha value is -6.29. The smallest absolute Gasteiger partial charge is 0.137 e. The molecule has 2 aliphatic rings. The number of benzene rings is 8. The Morgan fingerprint density at radius 2 is 1.00 bits per heavy atom. The summed E-state index contributed by atoms with van der Waals surface area (Å²) < 4.78 is 6.50. The van der Waals surface area contributed by atoms with Crippen molar-refractivity contribution >= 4 is 50.8 Å². The van der Waals surface area contributed by atoms with E-state index in [1.165, 1.54) is 54.3 Å². The molecule has 0 atom stereocenters. The van der Waals surface area contributed by atoms with Crippen molar-refractivity contribution in [2.24, 2.45) is 0 Å². The van der Waals surface area contributed by atoms with Crippen molar-refractivity contribution in [2.75, 3.05) is 4.90 Å². The Morgan fingerprint density at radius 1 is 0.418 bits per heavy atom. The fourth-order valence-corrected chi connectivity index (χ4v) is 10.8. The van der Waals surface area contributed by atoms with Gasteiger partial charge in [0.1, 0.15) is 11.2 Å². The average Bonchev–Trinajstić information content (AvgIpc) is 3.75. The summed E-state index contributed by atoms with van der Waals surface area (Å²) >= 11 is 1.87. The lowest BCUT2D eigenvalue weighted by atomic mass is 9.67. The number of fused-ring (bicyclic) bond motifs is 8. The molecular weight excluding hydrogens is 687 g/mol. The normalized spacial score (nSPS) is 14.6. The summed E-state index contributed by atoms with van der Waals surface area (Å²) in [5.74, 6) is 0. The van der Waals surface area contributed by atoms with E-state index in [0.717, 1.165) is 39.0 Å². The predicted molar refractivity (Wildman–Crippen MR) is 228 cm³/mol. The summed E-state index contributed by atoms with van der Waals surface area (Å²) in [7, 11) is 0. The van der Waals surface area contributed by atoms with Gasteiger partial charge in [-0.05, 0) is 99.1 Å². The second-order valence-corrected chi connectivity index (χ2v) is 16.4. The van der Waals surface area contributed by atoms with Crippen molar-refractivity contribution in [1.29, 1.82) is 0 Å². The summed E-state index contributed by atoms with van der Waals surface area (Å²) in [6.07, 6.45) is 0. The van der Waals surface area contributed by atoms with Crippen molar-refractivity contribution < 1.29 is 4.42 Å². The van der Waals surface area contributed by atoms with Crippen LogP contribution in [0.25, 0.3) is 33.1 Å². The first-order valence-electron chi connectivity index (χ1n) is 19.0. The average molecular weight is 724 g/mol. The number of furan rings is 1. The molecule has 2 nitrogen and oxygen atoms in total. The van der Waals surface area contributed by atoms with Crippen LogP contribution in [0.1, 0.15) is 47.2 Å². The van der Waals surface area contributed by atoms with Gasteiger partial charge in [-0.1, -0.05) is 153 Å². The molecule has 0 fully saturated rings. The molecular formula is C52H37NOS. The highest BCUT2D eigenvalue weighted by Crippen LogP contribution is 2.57. The molecule has 9 aromatic rings. The first kappa shape index (κ1) is 32.2. The van der Waals surface area contributed by atoms with Gasteiger partial charge in [-0.2, -0.15) is 0 Å². The fourth-order valence-electron chi connectivity index (χ4n) is 9.46. The van der Waals surface area contributed by atoms with Crippen molar-refractivity contribution in [1.82, 2.24) is 0 Å². The quantitative estimate of drug-likeness (QED) is 0.176. The van der Waals surface area contributed by atoms with E-state index < -0.39 is 5.41 Å². The first-order chi connectivity index (χ1) is 27.0. The van der Waals surface area contributed by atoms with Crippen LogP contribution in [-0.2, 0) is 10.8 Å². The van der Waals surface area contributed by atoms with Gasteiger partial charge in [0.15, 0.2) is 0 Å². The standard InChI is InChI=1S/C52H37NOS/c1-51(2)45-24-11-13-26-49(45)55-50-30-28-37(32-46(50)51)53(38-27-29-42-41-21-8-12-25-47(41)54-48(42)33-38)36-18-14-17-35(31-36)52(34-15-4-3-5-16-34)43-22-9-6-19-39(43)40-20-7-10-23-44(40)52/h3-33H,1-2H3. The van der Waals surface area contributed by atoms with Crippen molar-refractivity contribution in [3.05, 3.63) is 221 Å². The number of para-hydroxylation sites is 1. The lowest BCUT2D eigenvalue weighted by Crippen LogP contribution is -2.29. The molecule has 0 bridgehead atoms. The molecule has 0 N–H and O–H groups in total. The van der Waals surface area contributed by atoms with Crippen LogP contribution in [0, 0.1) is 0 Å². The van der Waals surface area contributed by atoms with Crippen LogP contribution in [0.4, 0.5) is 17.1 Å². The van der Waals surface area contributed by atoms with E-state index in [9.17, 15) is 0 Å². The van der Waals surface area contributed by atoms with Crippen LogP contribution >= 0.6 is 11.8 Å². The third kappa shape index (κ3) is 4.70. The van der Waals surface area contributed by atoms with E-state index in [1.54, 1.807) is 0 Å². The molecule has 11 rings (SSSR count). The van der Waals surface area contributed by atoms with E-state index in [1.807, 2.05) is 17.8 Å². The van der Waals surface area contributed by atoms with Gasteiger partial charge in [0.05, 0.1) is 5.41 Å². The van der Waals surface area contributed by atoms with E-state index in [-0.39, 0.29) is 5.41 Å². The summed E-state index contributed by atoms with van der Waals surface area (Å²) in [5.41, 5.74) is 14.7. The monoisotopic (exact) mass is 723 g/mol. The maximum Gasteiger partial charge on any atom is 0.137 e. The van der Waals surface area contributed by atoms with Gasteiger partial charge in [0.2, 0.25) is 0 Å². The summed E-state index contributed by atoms with van der Waals surface area (Å²) in [5, 5.41) is 2.25. The molecule has 0 saturated carbocycles. The Kier molecular flexibility index (Phi) is 7.08. The molecule has 262 valence electrons. The lowest BCUT2D eigenvalue weighted by Gasteiger charge is -2.37.